The number of anilines is 1. The Morgan fingerprint density at radius 3 is 2.18 bits per heavy atom. The maximum Gasteiger partial charge on any atom is 0.152 e. The molecule has 0 amide bonds. The minimum atomic E-state index is 0.841. The Kier molecular flexibility index (Phi) is 2.87. The molecule has 4 rings (SSSR count). The van der Waals surface area contributed by atoms with Crippen LogP contribution in [0.4, 0.5) is 5.69 Å². The third kappa shape index (κ3) is 2.08. The molecule has 3 fully saturated rings. The standard InChI is InChI=1S/C15H19NO/c17-11-14-3-1-2-4-15(14)16-9-12-5-6-13(10-16)8-7-12/h1-4,11-13H,5-10H2. The summed E-state index contributed by atoms with van der Waals surface area (Å²) in [5.41, 5.74) is 1.98. The first kappa shape index (κ1) is 10.8. The van der Waals surface area contributed by atoms with Crippen molar-refractivity contribution in [1.29, 1.82) is 0 Å². The van der Waals surface area contributed by atoms with Gasteiger partial charge in [-0.1, -0.05) is 12.1 Å². The summed E-state index contributed by atoms with van der Waals surface area (Å²) >= 11 is 0. The van der Waals surface area contributed by atoms with Crippen molar-refractivity contribution in [3.63, 3.8) is 0 Å². The number of fused-ring (bicyclic) bond motifs is 4. The number of carbonyl (C=O) groups excluding carboxylic acids is 1. The Labute approximate surface area is 103 Å². The SMILES string of the molecule is O=Cc1ccccc1N1CC2CCC(CC2)C1. The van der Waals surface area contributed by atoms with Crippen molar-refractivity contribution in [1.82, 2.24) is 0 Å². The summed E-state index contributed by atoms with van der Waals surface area (Å²) in [6, 6.07) is 8.00. The smallest absolute Gasteiger partial charge is 0.152 e. The zero-order chi connectivity index (χ0) is 11.7. The van der Waals surface area contributed by atoms with Crippen LogP contribution < -0.4 is 4.90 Å². The molecule has 2 nitrogen and oxygen atoms in total. The number of benzene rings is 1. The fourth-order valence-electron chi connectivity index (χ4n) is 3.37. The van der Waals surface area contributed by atoms with Crippen LogP contribution in [0.25, 0.3) is 0 Å². The van der Waals surface area contributed by atoms with E-state index in [0.29, 0.717) is 0 Å². The largest absolute Gasteiger partial charge is 0.370 e. The quantitative estimate of drug-likeness (QED) is 0.726. The van der Waals surface area contributed by atoms with Gasteiger partial charge in [-0.15, -0.1) is 0 Å². The molecule has 0 unspecified atom stereocenters. The lowest BCUT2D eigenvalue weighted by Crippen LogP contribution is -2.28. The van der Waals surface area contributed by atoms with Gasteiger partial charge in [-0.25, -0.2) is 0 Å². The lowest BCUT2D eigenvalue weighted by Gasteiger charge is -2.26. The normalized spacial score (nSPS) is 27.9. The zero-order valence-electron chi connectivity index (χ0n) is 10.1. The molecule has 1 aliphatic carbocycles. The highest BCUT2D eigenvalue weighted by Gasteiger charge is 2.29. The predicted molar refractivity (Wildman–Crippen MR) is 69.5 cm³/mol. The van der Waals surface area contributed by atoms with Crippen molar-refractivity contribution in [2.75, 3.05) is 18.0 Å². The van der Waals surface area contributed by atoms with Gasteiger partial charge in [0.15, 0.2) is 6.29 Å². The van der Waals surface area contributed by atoms with Crippen LogP contribution in [-0.4, -0.2) is 19.4 Å². The predicted octanol–water partition coefficient (Wildman–Crippen LogP) is 3.13. The molecule has 17 heavy (non-hydrogen) atoms. The minimum absolute atomic E-state index is 0.841. The van der Waals surface area contributed by atoms with Crippen LogP contribution in [0.3, 0.4) is 0 Å². The van der Waals surface area contributed by atoms with E-state index >= 15 is 0 Å². The third-order valence-electron chi connectivity index (χ3n) is 4.33. The van der Waals surface area contributed by atoms with Crippen molar-refractivity contribution in [2.24, 2.45) is 11.8 Å². The second-order valence-corrected chi connectivity index (χ2v) is 5.47. The second-order valence-electron chi connectivity index (χ2n) is 5.47. The van der Waals surface area contributed by atoms with Crippen LogP contribution >= 0.6 is 0 Å². The van der Waals surface area contributed by atoms with Gasteiger partial charge >= 0.3 is 0 Å². The molecule has 2 heteroatoms. The lowest BCUT2D eigenvalue weighted by atomic mass is 9.84. The topological polar surface area (TPSA) is 20.3 Å². The number of para-hydroxylation sites is 1. The van der Waals surface area contributed by atoms with E-state index in [1.165, 1.54) is 25.7 Å². The Bertz CT molecular complexity index is 393. The summed E-state index contributed by atoms with van der Waals surface area (Å²) in [6.07, 6.45) is 6.51. The van der Waals surface area contributed by atoms with Gasteiger partial charge in [0.05, 0.1) is 0 Å². The van der Waals surface area contributed by atoms with Crippen molar-refractivity contribution in [3.8, 4) is 0 Å². The van der Waals surface area contributed by atoms with Crippen molar-refractivity contribution in [3.05, 3.63) is 29.8 Å². The summed E-state index contributed by atoms with van der Waals surface area (Å²) in [4.78, 5) is 13.6. The highest BCUT2D eigenvalue weighted by atomic mass is 16.1. The van der Waals surface area contributed by atoms with E-state index in [1.54, 1.807) is 0 Å². The average Bonchev–Trinajstić information content (AvgIpc) is 2.72. The third-order valence-corrected chi connectivity index (χ3v) is 4.33. The van der Waals surface area contributed by atoms with Crippen LogP contribution in [0.5, 0.6) is 0 Å². The molecule has 3 aliphatic rings. The summed E-state index contributed by atoms with van der Waals surface area (Å²) in [5.74, 6) is 1.68. The number of carbonyl (C=O) groups is 1. The van der Waals surface area contributed by atoms with Crippen molar-refractivity contribution >= 4 is 12.0 Å². The summed E-state index contributed by atoms with van der Waals surface area (Å²) in [5, 5.41) is 0. The molecule has 2 heterocycles. The molecule has 0 spiro atoms. The first-order valence-corrected chi connectivity index (χ1v) is 6.66. The first-order valence-electron chi connectivity index (χ1n) is 6.66. The van der Waals surface area contributed by atoms with Gasteiger partial charge < -0.3 is 4.90 Å². The molecule has 2 bridgehead atoms. The summed E-state index contributed by atoms with van der Waals surface area (Å²) in [7, 11) is 0. The van der Waals surface area contributed by atoms with Gasteiger partial charge in [0, 0.05) is 24.3 Å². The van der Waals surface area contributed by atoms with E-state index in [4.69, 9.17) is 0 Å². The molecule has 0 radical (unpaired) electrons. The van der Waals surface area contributed by atoms with Gasteiger partial charge in [0.1, 0.15) is 0 Å². The Balaban J connectivity index is 1.90. The van der Waals surface area contributed by atoms with E-state index < -0.39 is 0 Å². The number of aldehydes is 1. The van der Waals surface area contributed by atoms with Gasteiger partial charge in [-0.3, -0.25) is 4.79 Å². The van der Waals surface area contributed by atoms with Gasteiger partial charge in [-0.2, -0.15) is 0 Å². The Morgan fingerprint density at radius 2 is 1.59 bits per heavy atom. The zero-order valence-corrected chi connectivity index (χ0v) is 10.1. The molecule has 0 atom stereocenters. The minimum Gasteiger partial charge on any atom is -0.370 e. The molecule has 0 aromatic heterocycles. The number of nitrogens with zero attached hydrogens (tertiary/aromatic N) is 1. The Hall–Kier alpha value is -1.31. The monoisotopic (exact) mass is 229 g/mol. The molecule has 1 saturated carbocycles. The average molecular weight is 229 g/mol. The van der Waals surface area contributed by atoms with Crippen LogP contribution in [-0.2, 0) is 0 Å². The lowest BCUT2D eigenvalue weighted by molar-refractivity contribution is 0.112. The maximum absolute atomic E-state index is 11.1. The number of hydrogen-bond donors (Lipinski definition) is 0. The fraction of sp³-hybridized carbons (Fsp3) is 0.533. The van der Waals surface area contributed by atoms with E-state index in [-0.39, 0.29) is 0 Å². The molecule has 90 valence electrons. The summed E-state index contributed by atoms with van der Waals surface area (Å²) < 4.78 is 0. The van der Waals surface area contributed by atoms with Crippen molar-refractivity contribution in [2.45, 2.75) is 25.7 Å². The van der Waals surface area contributed by atoms with E-state index in [0.717, 1.165) is 42.5 Å². The van der Waals surface area contributed by atoms with Gasteiger partial charge in [0.2, 0.25) is 0 Å². The fourth-order valence-corrected chi connectivity index (χ4v) is 3.37. The highest BCUT2D eigenvalue weighted by molar-refractivity contribution is 5.84. The molecule has 1 aromatic carbocycles. The Morgan fingerprint density at radius 1 is 1.00 bits per heavy atom. The van der Waals surface area contributed by atoms with E-state index in [9.17, 15) is 4.79 Å². The van der Waals surface area contributed by atoms with Crippen LogP contribution in [0.1, 0.15) is 36.0 Å². The first-order chi connectivity index (χ1) is 8.36. The molecule has 2 aliphatic heterocycles. The number of hydrogen-bond acceptors (Lipinski definition) is 2. The molecular formula is C15H19NO. The molecule has 1 aromatic rings. The maximum atomic E-state index is 11.1. The van der Waals surface area contributed by atoms with Gasteiger partial charge in [-0.05, 0) is 49.7 Å². The van der Waals surface area contributed by atoms with E-state index in [1.807, 2.05) is 18.2 Å². The number of rotatable bonds is 2. The van der Waals surface area contributed by atoms with E-state index in [2.05, 4.69) is 11.0 Å². The van der Waals surface area contributed by atoms with Crippen LogP contribution in [0.15, 0.2) is 24.3 Å². The molecule has 2 saturated heterocycles. The van der Waals surface area contributed by atoms with Crippen LogP contribution in [0.2, 0.25) is 0 Å². The van der Waals surface area contributed by atoms with Crippen molar-refractivity contribution < 1.29 is 4.79 Å². The van der Waals surface area contributed by atoms with Crippen LogP contribution in [0, 0.1) is 11.8 Å². The molecular weight excluding hydrogens is 210 g/mol. The highest BCUT2D eigenvalue weighted by Crippen LogP contribution is 2.36. The van der Waals surface area contributed by atoms with Gasteiger partial charge in [0.25, 0.3) is 0 Å². The molecule has 0 N–H and O–H groups in total. The second kappa shape index (κ2) is 4.52. The summed E-state index contributed by atoms with van der Waals surface area (Å²) in [6.45, 7) is 2.28.